The summed E-state index contributed by atoms with van der Waals surface area (Å²) in [6.45, 7) is -1.82. The van der Waals surface area contributed by atoms with Gasteiger partial charge in [-0.2, -0.15) is 35.3 Å². The minimum Gasteiger partial charge on any atom is -0.477 e. The first kappa shape index (κ1) is 18.5. The second-order valence-electron chi connectivity index (χ2n) is 4.75. The average Bonchev–Trinajstić information content (AvgIpc) is 2.49. The van der Waals surface area contributed by atoms with Gasteiger partial charge in [0.1, 0.15) is 7.11 Å². The SMILES string of the molecule is CO/N=C(/c1c(O)n(CC(F)(F)F)c2cccc[n+]2c1=O)C(F)(F)F. The third-order valence-corrected chi connectivity index (χ3v) is 3.05. The maximum absolute atomic E-state index is 13.1. The maximum Gasteiger partial charge on any atom is 0.437 e. The molecule has 0 radical (unpaired) electrons. The maximum atomic E-state index is 13.1. The van der Waals surface area contributed by atoms with Crippen LogP contribution in [0.15, 0.2) is 34.3 Å². The summed E-state index contributed by atoms with van der Waals surface area (Å²) in [4.78, 5) is 16.3. The smallest absolute Gasteiger partial charge is 0.437 e. The molecule has 0 aromatic carbocycles. The number of hydrogen-bond acceptors (Lipinski definition) is 4. The highest BCUT2D eigenvalue weighted by atomic mass is 19.4. The summed E-state index contributed by atoms with van der Waals surface area (Å²) < 4.78 is 78.3. The Balaban J connectivity index is 2.95. The molecule has 0 fully saturated rings. The fourth-order valence-electron chi connectivity index (χ4n) is 2.16. The molecule has 0 aliphatic rings. The van der Waals surface area contributed by atoms with Crippen LogP contribution in [0.2, 0.25) is 0 Å². The van der Waals surface area contributed by atoms with Crippen LogP contribution in [0, 0.1) is 0 Å². The van der Waals surface area contributed by atoms with E-state index in [2.05, 4.69) is 9.99 Å². The van der Waals surface area contributed by atoms with Crippen molar-refractivity contribution in [2.75, 3.05) is 7.11 Å². The summed E-state index contributed by atoms with van der Waals surface area (Å²) in [7, 11) is 0.755. The second-order valence-corrected chi connectivity index (χ2v) is 4.75. The molecular formula is C13H10F6N3O3+. The van der Waals surface area contributed by atoms with Gasteiger partial charge in [-0.3, -0.25) is 0 Å². The molecule has 6 nitrogen and oxygen atoms in total. The van der Waals surface area contributed by atoms with E-state index in [-0.39, 0.29) is 4.57 Å². The number of rotatable bonds is 3. The molecule has 2 aromatic heterocycles. The van der Waals surface area contributed by atoms with Gasteiger partial charge in [0.15, 0.2) is 12.1 Å². The molecule has 0 amide bonds. The van der Waals surface area contributed by atoms with E-state index >= 15 is 0 Å². The lowest BCUT2D eigenvalue weighted by atomic mass is 10.1. The van der Waals surface area contributed by atoms with Crippen LogP contribution in [0.5, 0.6) is 5.88 Å². The van der Waals surface area contributed by atoms with Crippen molar-refractivity contribution < 1.29 is 40.7 Å². The topological polar surface area (TPSA) is 67.9 Å². The molecule has 136 valence electrons. The Morgan fingerprint density at radius 1 is 1.28 bits per heavy atom. The van der Waals surface area contributed by atoms with E-state index in [9.17, 15) is 36.2 Å². The highest BCUT2D eigenvalue weighted by molar-refractivity contribution is 6.05. The Labute approximate surface area is 135 Å². The summed E-state index contributed by atoms with van der Waals surface area (Å²) in [5, 5.41) is 12.7. The summed E-state index contributed by atoms with van der Waals surface area (Å²) in [5.41, 5.74) is -5.27. The largest absolute Gasteiger partial charge is 0.477 e. The Hall–Kier alpha value is -2.79. The van der Waals surface area contributed by atoms with Crippen molar-refractivity contribution in [1.29, 1.82) is 0 Å². The lowest BCUT2D eigenvalue weighted by molar-refractivity contribution is -0.533. The lowest BCUT2D eigenvalue weighted by Gasteiger charge is -2.13. The summed E-state index contributed by atoms with van der Waals surface area (Å²) in [6, 6.07) is 3.53. The zero-order chi connectivity index (χ0) is 19.0. The summed E-state index contributed by atoms with van der Waals surface area (Å²) in [5.74, 6) is -1.53. The van der Waals surface area contributed by atoms with Crippen LogP contribution in [0.25, 0.3) is 5.65 Å². The molecule has 0 atom stereocenters. The third kappa shape index (κ3) is 3.67. The Morgan fingerprint density at radius 2 is 1.92 bits per heavy atom. The van der Waals surface area contributed by atoms with Gasteiger partial charge in [-0.25, -0.2) is 4.79 Å². The lowest BCUT2D eigenvalue weighted by Crippen LogP contribution is -2.48. The van der Waals surface area contributed by atoms with Gasteiger partial charge in [0, 0.05) is 6.07 Å². The predicted octanol–water partition coefficient (Wildman–Crippen LogP) is 1.77. The molecule has 2 aromatic rings. The number of aromatic hydroxyl groups is 1. The van der Waals surface area contributed by atoms with Crippen molar-refractivity contribution in [3.05, 3.63) is 40.3 Å². The average molecular weight is 370 g/mol. The first-order valence-corrected chi connectivity index (χ1v) is 6.49. The summed E-state index contributed by atoms with van der Waals surface area (Å²) in [6.07, 6.45) is -9.16. The van der Waals surface area contributed by atoms with E-state index in [1.807, 2.05) is 0 Å². The van der Waals surface area contributed by atoms with Crippen LogP contribution in [0.3, 0.4) is 0 Å². The van der Waals surface area contributed by atoms with E-state index in [1.54, 1.807) is 0 Å². The number of halogens is 6. The molecule has 25 heavy (non-hydrogen) atoms. The molecule has 2 heterocycles. The highest BCUT2D eigenvalue weighted by Gasteiger charge is 2.45. The number of hydrogen-bond donors (Lipinski definition) is 1. The van der Waals surface area contributed by atoms with Crippen LogP contribution < -0.4 is 9.96 Å². The van der Waals surface area contributed by atoms with Crippen molar-refractivity contribution in [3.63, 3.8) is 0 Å². The van der Waals surface area contributed by atoms with Crippen LogP contribution in [0.4, 0.5) is 26.3 Å². The van der Waals surface area contributed by atoms with Gasteiger partial charge in [0.2, 0.25) is 5.71 Å². The van der Waals surface area contributed by atoms with E-state index in [0.29, 0.717) is 4.40 Å². The zero-order valence-corrected chi connectivity index (χ0v) is 12.4. The molecule has 0 aliphatic carbocycles. The standard InChI is InChI=1S/C13H9F6N3O3/c1-25-20-9(13(17,18)19)8-10(23)21-5-3-2-4-7(21)22(11(8)24)6-12(14,15)16/h2-5H,6H2,1H3/p+1. The van der Waals surface area contributed by atoms with E-state index in [0.717, 1.165) is 19.4 Å². The van der Waals surface area contributed by atoms with Gasteiger partial charge in [0.05, 0.1) is 6.20 Å². The second kappa shape index (κ2) is 6.26. The van der Waals surface area contributed by atoms with Crippen molar-refractivity contribution >= 4 is 11.4 Å². The quantitative estimate of drug-likeness (QED) is 0.388. The van der Waals surface area contributed by atoms with Gasteiger partial charge in [0.25, 0.3) is 11.5 Å². The van der Waals surface area contributed by atoms with Gasteiger partial charge in [-0.15, -0.1) is 0 Å². The van der Waals surface area contributed by atoms with Crippen LogP contribution in [-0.2, 0) is 11.4 Å². The minimum absolute atomic E-state index is 0.133. The van der Waals surface area contributed by atoms with Crippen molar-refractivity contribution in [2.24, 2.45) is 5.16 Å². The number of pyridine rings is 1. The molecular weight excluding hydrogens is 360 g/mol. The van der Waals surface area contributed by atoms with E-state index in [4.69, 9.17) is 0 Å². The first-order chi connectivity index (χ1) is 11.5. The molecule has 0 unspecified atom stereocenters. The molecule has 0 saturated carbocycles. The van der Waals surface area contributed by atoms with Crippen LogP contribution >= 0.6 is 0 Å². The number of nitrogens with zero attached hydrogens (tertiary/aromatic N) is 3. The van der Waals surface area contributed by atoms with Gasteiger partial charge in [-0.05, 0) is 6.07 Å². The Morgan fingerprint density at radius 3 is 2.44 bits per heavy atom. The van der Waals surface area contributed by atoms with Crippen molar-refractivity contribution in [3.8, 4) is 5.88 Å². The predicted molar refractivity (Wildman–Crippen MR) is 71.2 cm³/mol. The molecule has 0 spiro atoms. The summed E-state index contributed by atoms with van der Waals surface area (Å²) >= 11 is 0. The van der Waals surface area contributed by atoms with Gasteiger partial charge in [-0.1, -0.05) is 11.2 Å². The normalized spacial score (nSPS) is 13.3. The number of aromatic nitrogens is 2. The zero-order valence-electron chi connectivity index (χ0n) is 12.4. The fraction of sp³-hybridized carbons (Fsp3) is 0.308. The Kier molecular flexibility index (Phi) is 4.64. The monoisotopic (exact) mass is 370 g/mol. The third-order valence-electron chi connectivity index (χ3n) is 3.05. The van der Waals surface area contributed by atoms with Gasteiger partial charge >= 0.3 is 17.9 Å². The molecule has 1 N–H and O–H groups in total. The number of oxime groups is 1. The van der Waals surface area contributed by atoms with Crippen LogP contribution in [-0.4, -0.2) is 34.8 Å². The number of fused-ring (bicyclic) bond motifs is 1. The minimum atomic E-state index is -5.26. The van der Waals surface area contributed by atoms with Gasteiger partial charge < -0.3 is 9.94 Å². The van der Waals surface area contributed by atoms with E-state index < -0.39 is 47.3 Å². The molecule has 12 heteroatoms. The van der Waals surface area contributed by atoms with Crippen molar-refractivity contribution in [1.82, 2.24) is 4.57 Å². The Bertz CT molecular complexity index is 885. The molecule has 0 aliphatic heterocycles. The molecule has 2 rings (SSSR count). The molecule has 0 bridgehead atoms. The highest BCUT2D eigenvalue weighted by Crippen LogP contribution is 2.28. The molecule has 0 saturated heterocycles. The first-order valence-electron chi connectivity index (χ1n) is 6.49. The fourth-order valence-corrected chi connectivity index (χ4v) is 2.16. The van der Waals surface area contributed by atoms with E-state index in [1.165, 1.54) is 12.1 Å². The number of alkyl halides is 6. The van der Waals surface area contributed by atoms with Crippen molar-refractivity contribution in [2.45, 2.75) is 18.9 Å². The van der Waals surface area contributed by atoms with Crippen LogP contribution in [0.1, 0.15) is 5.56 Å².